The van der Waals surface area contributed by atoms with Crippen LogP contribution in [0.1, 0.15) is 47.6 Å². The van der Waals surface area contributed by atoms with E-state index in [0.29, 0.717) is 6.07 Å². The van der Waals surface area contributed by atoms with Gasteiger partial charge >= 0.3 is 55.9 Å². The van der Waals surface area contributed by atoms with Gasteiger partial charge in [-0.1, -0.05) is 48.3 Å². The number of urea groups is 2. The Hall–Kier alpha value is -8.83. The number of hydrogen-bond acceptors (Lipinski definition) is 24. The summed E-state index contributed by atoms with van der Waals surface area (Å²) in [4.78, 5) is 94.7. The topological polar surface area (TPSA) is 469 Å². The SMILES string of the molecule is CCS(=O)(=O)c1cccnc1S(=O)(=O)NC(=O)Nc1nc(OC)cc(OC)n1.COc1nc(C)nc(NC(=O)NS(=O)(=O)c2ccccc2CCC(F)(F)F)n1.C[C@H](OC(=O)c1cc(Oc2ccc(C(F)(F)F)cc2Cl)ccc1Cl)C(=O)O.O=C(O)CNCP(=O)(O)O. The molecule has 1 atom stereocenters. The van der Waals surface area contributed by atoms with Gasteiger partial charge in [-0.3, -0.25) is 25.3 Å². The average molecular weight is 1440 g/mol. The Morgan fingerprint density at radius 3 is 1.82 bits per heavy atom. The summed E-state index contributed by atoms with van der Waals surface area (Å²) in [5, 5.41) is 21.9. The van der Waals surface area contributed by atoms with Crippen molar-refractivity contribution in [2.24, 2.45) is 0 Å². The van der Waals surface area contributed by atoms with E-state index in [1.807, 2.05) is 0 Å². The maximum absolute atomic E-state index is 12.7. The van der Waals surface area contributed by atoms with Crippen LogP contribution in [-0.4, -0.2) is 157 Å². The first-order valence-corrected chi connectivity index (χ1v) is 32.2. The fourth-order valence-corrected chi connectivity index (χ4v) is 10.8. The molecule has 4 amide bonds. The first-order chi connectivity index (χ1) is 43.0. The van der Waals surface area contributed by atoms with E-state index < -0.39 is 132 Å². The summed E-state index contributed by atoms with van der Waals surface area (Å²) >= 11 is 11.7. The van der Waals surface area contributed by atoms with Gasteiger partial charge in [0, 0.05) is 12.6 Å². The predicted molar refractivity (Wildman–Crippen MR) is 311 cm³/mol. The molecule has 3 aromatic carbocycles. The van der Waals surface area contributed by atoms with Crippen molar-refractivity contribution >= 4 is 103 Å². The third kappa shape index (κ3) is 26.7. The molecule has 9 N–H and O–H groups in total. The van der Waals surface area contributed by atoms with Crippen molar-refractivity contribution in [2.45, 2.75) is 66.9 Å². The molecule has 0 spiro atoms. The molecule has 32 nitrogen and oxygen atoms in total. The van der Waals surface area contributed by atoms with Crippen molar-refractivity contribution in [2.75, 3.05) is 50.5 Å². The minimum Gasteiger partial charge on any atom is -0.481 e. The molecule has 0 saturated carbocycles. The van der Waals surface area contributed by atoms with Crippen molar-refractivity contribution in [3.05, 3.63) is 118 Å². The van der Waals surface area contributed by atoms with E-state index in [1.54, 1.807) is 9.44 Å². The van der Waals surface area contributed by atoms with E-state index in [2.05, 4.69) is 45.9 Å². The second kappa shape index (κ2) is 34.2. The first-order valence-electron chi connectivity index (χ1n) is 25.0. The van der Waals surface area contributed by atoms with Crippen molar-refractivity contribution in [3.8, 4) is 29.3 Å². The van der Waals surface area contributed by atoms with Crippen LogP contribution in [0.5, 0.6) is 29.3 Å². The highest BCUT2D eigenvalue weighted by Crippen LogP contribution is 2.37. The standard InChI is InChI=1S/C17H11Cl2F3O5.C15H16F3N5O4S.C14H17N5O7S2.C3H8NO5P/c1-8(15(23)24)26-16(25)11-7-10(3-4-12(11)18)27-14-5-2-9(6-13(14)19)17(20,21)22;1-9-19-12(22-14(20-9)27-2)21-13(24)23-28(25,26)11-6-4-3-5-10(11)7-8-15(16,17)18;1-4-27(21,22)9-6-5-7-15-12(9)28(23,24)19-14(20)18-13-16-10(25-2)8-11(17-13)26-3;5-3(6)1-4-2-10(7,8)9/h2-8H,1H3,(H,23,24);3-6H,7-8H2,1-2H3,(H2,19,20,21,22,23,24);5-8H,4H2,1-3H3,(H2,16,17,18,19,20);4H,1-2H2,(H,5,6)(H2,7,8,9)/t8-;;;/m0.../s1. The van der Waals surface area contributed by atoms with Crippen molar-refractivity contribution in [1.29, 1.82) is 0 Å². The Bertz CT molecular complexity index is 4050. The lowest BCUT2D eigenvalue weighted by molar-refractivity contribution is -0.146. The molecule has 0 aliphatic carbocycles. The fourth-order valence-electron chi connectivity index (χ4n) is 6.29. The van der Waals surface area contributed by atoms with Crippen LogP contribution in [0.15, 0.2) is 99.9 Å². The highest BCUT2D eigenvalue weighted by Gasteiger charge is 2.33. The minimum atomic E-state index is -4.61. The van der Waals surface area contributed by atoms with E-state index in [-0.39, 0.29) is 73.9 Å². The number of anilines is 2. The third-order valence-electron chi connectivity index (χ3n) is 10.4. The van der Waals surface area contributed by atoms with Gasteiger partial charge < -0.3 is 43.7 Å². The van der Waals surface area contributed by atoms with Crippen LogP contribution in [0.4, 0.5) is 47.8 Å². The Kier molecular flexibility index (Phi) is 28.8. The number of rotatable bonds is 22. The molecule has 44 heteroatoms. The number of benzene rings is 3. The normalized spacial score (nSPS) is 11.8. The number of sulfone groups is 1. The van der Waals surface area contributed by atoms with E-state index in [1.165, 1.54) is 77.6 Å². The molecule has 0 unspecified atom stereocenters. The number of ether oxygens (including phenoxy) is 5. The maximum atomic E-state index is 12.7. The Morgan fingerprint density at radius 1 is 0.710 bits per heavy atom. The Labute approximate surface area is 532 Å². The lowest BCUT2D eigenvalue weighted by atomic mass is 10.1. The number of methoxy groups -OCH3 is 3. The Morgan fingerprint density at radius 2 is 1.29 bits per heavy atom. The third-order valence-corrected chi connectivity index (χ3v) is 16.3. The first kappa shape index (κ1) is 78.4. The lowest BCUT2D eigenvalue weighted by Gasteiger charge is -2.13. The number of aryl methyl sites for hydroxylation is 2. The van der Waals surface area contributed by atoms with Gasteiger partial charge in [-0.2, -0.15) is 59.7 Å². The molecule has 3 aromatic heterocycles. The van der Waals surface area contributed by atoms with Gasteiger partial charge in [-0.05, 0) is 80.4 Å². The number of hydrogen-bond donors (Lipinski definition) is 9. The number of pyridine rings is 1. The van der Waals surface area contributed by atoms with Crippen LogP contribution >= 0.6 is 30.8 Å². The summed E-state index contributed by atoms with van der Waals surface area (Å²) in [7, 11) is -13.1. The van der Waals surface area contributed by atoms with E-state index in [9.17, 15) is 80.1 Å². The monoisotopic (exact) mass is 1440 g/mol. The summed E-state index contributed by atoms with van der Waals surface area (Å²) in [5.74, 6) is -4.10. The van der Waals surface area contributed by atoms with Crippen LogP contribution in [0.25, 0.3) is 0 Å². The van der Waals surface area contributed by atoms with Crippen LogP contribution < -0.4 is 44.3 Å². The van der Waals surface area contributed by atoms with Gasteiger partial charge in [-0.25, -0.2) is 50.4 Å². The van der Waals surface area contributed by atoms with Crippen molar-refractivity contribution in [3.63, 3.8) is 0 Å². The zero-order chi connectivity index (χ0) is 70.5. The van der Waals surface area contributed by atoms with Crippen molar-refractivity contribution < 1.29 is 124 Å². The number of aromatic nitrogens is 6. The molecular formula is C49H52Cl2F6N11O21PS3. The number of carboxylic acids is 2. The highest BCUT2D eigenvalue weighted by atomic mass is 35.5. The molecule has 0 aliphatic rings. The molecule has 0 aliphatic heterocycles. The molecule has 0 radical (unpaired) electrons. The summed E-state index contributed by atoms with van der Waals surface area (Å²) in [5.41, 5.74) is -1.19. The number of carbonyl (C=O) groups excluding carboxylic acids is 3. The van der Waals surface area contributed by atoms with Gasteiger partial charge in [-0.15, -0.1) is 0 Å². The minimum absolute atomic E-state index is 0.0246. The smallest absolute Gasteiger partial charge is 0.416 e. The fraction of sp³-hybridized carbons (Fsp3) is 0.286. The number of amides is 4. The molecule has 6 rings (SSSR count). The number of sulfonamides is 2. The van der Waals surface area contributed by atoms with Crippen molar-refractivity contribution in [1.82, 2.24) is 44.7 Å². The van der Waals surface area contributed by atoms with E-state index in [4.69, 9.17) is 66.9 Å². The molecule has 3 heterocycles. The van der Waals surface area contributed by atoms with Gasteiger partial charge in [0.2, 0.25) is 23.7 Å². The zero-order valence-electron chi connectivity index (χ0n) is 48.3. The summed E-state index contributed by atoms with van der Waals surface area (Å²) in [6.07, 6.45) is -11.7. The average Bonchev–Trinajstić information content (AvgIpc) is 0.812. The number of nitrogens with zero attached hydrogens (tertiary/aromatic N) is 6. The van der Waals surface area contributed by atoms with Crippen LogP contribution in [-0.2, 0) is 61.4 Å². The number of nitrogens with one attached hydrogen (secondary N) is 5. The molecule has 6 aromatic rings. The van der Waals surface area contributed by atoms with Gasteiger partial charge in [0.25, 0.3) is 20.0 Å². The van der Waals surface area contributed by atoms with Gasteiger partial charge in [0.15, 0.2) is 21.0 Å². The predicted octanol–water partition coefficient (Wildman–Crippen LogP) is 6.62. The van der Waals surface area contributed by atoms with Gasteiger partial charge in [0.1, 0.15) is 22.2 Å². The van der Waals surface area contributed by atoms with E-state index in [0.717, 1.165) is 43.5 Å². The highest BCUT2D eigenvalue weighted by molar-refractivity contribution is 7.93. The number of carbonyl (C=O) groups is 5. The number of aliphatic carboxylic acids is 2. The maximum Gasteiger partial charge on any atom is 0.416 e. The number of carboxylic acid groups (broad SMARTS) is 2. The number of esters is 1. The Balaban J connectivity index is 0.000000338. The number of halogens is 8. The largest absolute Gasteiger partial charge is 0.481 e. The van der Waals surface area contributed by atoms with Gasteiger partial charge in [0.05, 0.1) is 72.0 Å². The quantitative estimate of drug-likeness (QED) is 0.0196. The summed E-state index contributed by atoms with van der Waals surface area (Å²) in [6.45, 7) is 3.58. The molecular weight excluding hydrogens is 1390 g/mol. The zero-order valence-corrected chi connectivity index (χ0v) is 53.2. The second-order valence-corrected chi connectivity index (χ2v) is 25.4. The number of alkyl halides is 6. The summed E-state index contributed by atoms with van der Waals surface area (Å²) in [6, 6.07) is 12.6. The lowest BCUT2D eigenvalue weighted by Crippen LogP contribution is -2.36. The molecule has 93 heavy (non-hydrogen) atoms. The second-order valence-electron chi connectivity index (χ2n) is 17.4. The molecule has 0 saturated heterocycles. The molecule has 0 bridgehead atoms. The molecule has 0 fully saturated rings. The molecule has 508 valence electrons. The summed E-state index contributed by atoms with van der Waals surface area (Å²) < 4.78 is 188. The van der Waals surface area contributed by atoms with Crippen LogP contribution in [0.3, 0.4) is 0 Å². The van der Waals surface area contributed by atoms with Crippen LogP contribution in [0.2, 0.25) is 10.0 Å². The van der Waals surface area contributed by atoms with Crippen LogP contribution in [0, 0.1) is 6.92 Å². The van der Waals surface area contributed by atoms with E-state index >= 15 is 0 Å².